The van der Waals surface area contributed by atoms with Gasteiger partial charge in [-0.3, -0.25) is 0 Å². The fourth-order valence-electron chi connectivity index (χ4n) is 2.48. The summed E-state index contributed by atoms with van der Waals surface area (Å²) in [4.78, 5) is 0. The minimum Gasteiger partial charge on any atom is -0.497 e. The molecule has 3 rings (SSSR count). The third kappa shape index (κ3) is 3.24. The van der Waals surface area contributed by atoms with Crippen LogP contribution in [0, 0.1) is 12.7 Å². The van der Waals surface area contributed by atoms with E-state index in [0.717, 1.165) is 23.2 Å². The highest BCUT2D eigenvalue weighted by molar-refractivity contribution is 5.69. The Morgan fingerprint density at radius 2 is 1.95 bits per heavy atom. The monoisotopic (exact) mass is 285 g/mol. The van der Waals surface area contributed by atoms with Crippen molar-refractivity contribution in [1.82, 2.24) is 5.32 Å². The third-order valence-corrected chi connectivity index (χ3v) is 3.89. The van der Waals surface area contributed by atoms with Crippen molar-refractivity contribution >= 4 is 0 Å². The molecule has 0 aliphatic heterocycles. The minimum absolute atomic E-state index is 0.243. The summed E-state index contributed by atoms with van der Waals surface area (Å²) >= 11 is 0. The molecule has 0 atom stereocenters. The van der Waals surface area contributed by atoms with Crippen LogP contribution in [-0.2, 0) is 6.54 Å². The molecule has 0 unspecified atom stereocenters. The topological polar surface area (TPSA) is 21.3 Å². The fourth-order valence-corrected chi connectivity index (χ4v) is 2.48. The molecule has 0 spiro atoms. The zero-order valence-corrected chi connectivity index (χ0v) is 12.4. The molecule has 1 fully saturated rings. The summed E-state index contributed by atoms with van der Waals surface area (Å²) < 4.78 is 19.4. The van der Waals surface area contributed by atoms with Crippen LogP contribution in [0.5, 0.6) is 5.75 Å². The van der Waals surface area contributed by atoms with Gasteiger partial charge < -0.3 is 10.1 Å². The lowest BCUT2D eigenvalue weighted by Gasteiger charge is -2.13. The molecule has 1 saturated carbocycles. The molecule has 1 N–H and O–H groups in total. The van der Waals surface area contributed by atoms with Gasteiger partial charge in [0.05, 0.1) is 7.11 Å². The molecule has 0 amide bonds. The maximum absolute atomic E-state index is 14.3. The first-order valence-electron chi connectivity index (χ1n) is 7.34. The SMILES string of the molecule is COc1ccc(-c2cc(C)ccc2CNC2CC2)c(F)c1. The van der Waals surface area contributed by atoms with Gasteiger partial charge in [0.15, 0.2) is 0 Å². The first kappa shape index (κ1) is 14.1. The maximum atomic E-state index is 14.3. The van der Waals surface area contributed by atoms with Crippen molar-refractivity contribution < 1.29 is 9.13 Å². The van der Waals surface area contributed by atoms with E-state index >= 15 is 0 Å². The average molecular weight is 285 g/mol. The Balaban J connectivity index is 1.96. The van der Waals surface area contributed by atoms with Gasteiger partial charge in [0.2, 0.25) is 0 Å². The van der Waals surface area contributed by atoms with Crippen LogP contribution in [0.25, 0.3) is 11.1 Å². The Hall–Kier alpha value is -1.87. The Labute approximate surface area is 125 Å². The van der Waals surface area contributed by atoms with Crippen LogP contribution in [0.4, 0.5) is 4.39 Å². The number of benzene rings is 2. The smallest absolute Gasteiger partial charge is 0.134 e. The van der Waals surface area contributed by atoms with Gasteiger partial charge >= 0.3 is 0 Å². The largest absolute Gasteiger partial charge is 0.497 e. The number of aryl methyl sites for hydroxylation is 1. The molecule has 2 aromatic carbocycles. The second kappa shape index (κ2) is 5.86. The first-order chi connectivity index (χ1) is 10.2. The summed E-state index contributed by atoms with van der Waals surface area (Å²) in [5, 5.41) is 3.50. The van der Waals surface area contributed by atoms with Gasteiger partial charge in [-0.05, 0) is 43.0 Å². The molecule has 0 bridgehead atoms. The zero-order chi connectivity index (χ0) is 14.8. The number of rotatable bonds is 5. The van der Waals surface area contributed by atoms with Crippen LogP contribution in [0.3, 0.4) is 0 Å². The van der Waals surface area contributed by atoms with Crippen molar-refractivity contribution in [3.63, 3.8) is 0 Å². The molecule has 2 aromatic rings. The lowest BCUT2D eigenvalue weighted by atomic mass is 9.97. The molecule has 110 valence electrons. The van der Waals surface area contributed by atoms with E-state index in [4.69, 9.17) is 4.74 Å². The number of hydrogen-bond acceptors (Lipinski definition) is 2. The maximum Gasteiger partial charge on any atom is 0.134 e. The average Bonchev–Trinajstić information content (AvgIpc) is 3.30. The molecule has 0 aromatic heterocycles. The van der Waals surface area contributed by atoms with Crippen LogP contribution in [0.15, 0.2) is 36.4 Å². The van der Waals surface area contributed by atoms with Gasteiger partial charge in [-0.15, -0.1) is 0 Å². The Bertz CT molecular complexity index is 650. The highest BCUT2D eigenvalue weighted by Crippen LogP contribution is 2.30. The van der Waals surface area contributed by atoms with Crippen LogP contribution in [-0.4, -0.2) is 13.2 Å². The van der Waals surface area contributed by atoms with Crippen LogP contribution in [0.1, 0.15) is 24.0 Å². The first-order valence-corrected chi connectivity index (χ1v) is 7.34. The summed E-state index contributed by atoms with van der Waals surface area (Å²) in [6.45, 7) is 2.81. The summed E-state index contributed by atoms with van der Waals surface area (Å²) in [5.41, 5.74) is 3.86. The van der Waals surface area contributed by atoms with E-state index in [-0.39, 0.29) is 5.82 Å². The predicted molar refractivity (Wildman–Crippen MR) is 83.0 cm³/mol. The second-order valence-electron chi connectivity index (χ2n) is 5.66. The van der Waals surface area contributed by atoms with E-state index < -0.39 is 0 Å². The molecule has 21 heavy (non-hydrogen) atoms. The molecular weight excluding hydrogens is 265 g/mol. The van der Waals surface area contributed by atoms with E-state index in [9.17, 15) is 4.39 Å². The molecule has 0 saturated heterocycles. The van der Waals surface area contributed by atoms with E-state index in [1.165, 1.54) is 18.9 Å². The van der Waals surface area contributed by atoms with Gasteiger partial charge in [0.1, 0.15) is 11.6 Å². The molecule has 1 aliphatic carbocycles. The standard InChI is InChI=1S/C18H20FNO/c1-12-3-4-13(11-20-14-5-6-14)17(9-12)16-8-7-15(21-2)10-18(16)19/h3-4,7-10,14,20H,5-6,11H2,1-2H3. The van der Waals surface area contributed by atoms with Gasteiger partial charge in [0.25, 0.3) is 0 Å². The molecule has 0 heterocycles. The van der Waals surface area contributed by atoms with Gasteiger partial charge in [0, 0.05) is 24.2 Å². The summed E-state index contributed by atoms with van der Waals surface area (Å²) in [5.74, 6) is 0.300. The normalized spacial score (nSPS) is 14.2. The van der Waals surface area contributed by atoms with E-state index in [1.807, 2.05) is 6.92 Å². The van der Waals surface area contributed by atoms with E-state index in [0.29, 0.717) is 17.4 Å². The molecule has 1 aliphatic rings. The van der Waals surface area contributed by atoms with E-state index in [2.05, 4.69) is 23.5 Å². The zero-order valence-electron chi connectivity index (χ0n) is 12.4. The Kier molecular flexibility index (Phi) is 3.93. The predicted octanol–water partition coefficient (Wildman–Crippen LogP) is 4.06. The number of halogens is 1. The van der Waals surface area contributed by atoms with Crippen LogP contribution in [0.2, 0.25) is 0 Å². The molecular formula is C18H20FNO. The van der Waals surface area contributed by atoms with Crippen LogP contribution < -0.4 is 10.1 Å². The van der Waals surface area contributed by atoms with Crippen molar-refractivity contribution in [2.24, 2.45) is 0 Å². The van der Waals surface area contributed by atoms with Gasteiger partial charge in [-0.25, -0.2) is 4.39 Å². The lowest BCUT2D eigenvalue weighted by molar-refractivity contribution is 0.411. The Morgan fingerprint density at radius 3 is 2.62 bits per heavy atom. The highest BCUT2D eigenvalue weighted by atomic mass is 19.1. The summed E-state index contributed by atoms with van der Waals surface area (Å²) in [6.07, 6.45) is 2.50. The number of ether oxygens (including phenoxy) is 1. The summed E-state index contributed by atoms with van der Waals surface area (Å²) in [6, 6.07) is 11.9. The number of hydrogen-bond donors (Lipinski definition) is 1. The van der Waals surface area contributed by atoms with Crippen molar-refractivity contribution in [3.8, 4) is 16.9 Å². The van der Waals surface area contributed by atoms with Crippen molar-refractivity contribution in [1.29, 1.82) is 0 Å². The van der Waals surface area contributed by atoms with E-state index in [1.54, 1.807) is 19.2 Å². The number of methoxy groups -OCH3 is 1. The third-order valence-electron chi connectivity index (χ3n) is 3.89. The molecule has 2 nitrogen and oxygen atoms in total. The van der Waals surface area contributed by atoms with Crippen molar-refractivity contribution in [2.45, 2.75) is 32.4 Å². The van der Waals surface area contributed by atoms with Gasteiger partial charge in [-0.2, -0.15) is 0 Å². The minimum atomic E-state index is -0.243. The molecule has 0 radical (unpaired) electrons. The second-order valence-corrected chi connectivity index (χ2v) is 5.66. The quantitative estimate of drug-likeness (QED) is 0.894. The number of nitrogens with one attached hydrogen (secondary N) is 1. The fraction of sp³-hybridized carbons (Fsp3) is 0.333. The summed E-state index contributed by atoms with van der Waals surface area (Å²) in [7, 11) is 1.55. The highest BCUT2D eigenvalue weighted by Gasteiger charge is 2.21. The molecule has 3 heteroatoms. The van der Waals surface area contributed by atoms with Crippen molar-refractivity contribution in [2.75, 3.05) is 7.11 Å². The van der Waals surface area contributed by atoms with Crippen LogP contribution >= 0.6 is 0 Å². The van der Waals surface area contributed by atoms with Gasteiger partial charge in [-0.1, -0.05) is 23.8 Å². The van der Waals surface area contributed by atoms with Crippen molar-refractivity contribution in [3.05, 3.63) is 53.3 Å². The lowest BCUT2D eigenvalue weighted by Crippen LogP contribution is -2.16. The Morgan fingerprint density at radius 1 is 1.14 bits per heavy atom.